The van der Waals surface area contributed by atoms with Gasteiger partial charge in [-0.05, 0) is 24.3 Å². The molecule has 2 aliphatic rings. The van der Waals surface area contributed by atoms with Crippen LogP contribution in [0, 0.1) is 0 Å². The summed E-state index contributed by atoms with van der Waals surface area (Å²) in [4.78, 5) is 8.44. The van der Waals surface area contributed by atoms with Crippen LogP contribution in [0.4, 0.5) is 29.1 Å². The molecule has 2 aromatic carbocycles. The zero-order chi connectivity index (χ0) is 24.0. The Labute approximate surface area is 199 Å². The molecule has 0 bridgehead atoms. The first kappa shape index (κ1) is 23.1. The molecule has 4 atom stereocenters. The van der Waals surface area contributed by atoms with E-state index in [1.54, 1.807) is 12.1 Å². The molecule has 7 nitrogen and oxygen atoms in total. The van der Waals surface area contributed by atoms with Crippen molar-refractivity contribution in [1.82, 2.24) is 9.97 Å². The number of hydrogen-bond acceptors (Lipinski definition) is 7. The highest BCUT2D eigenvalue weighted by Crippen LogP contribution is 2.39. The van der Waals surface area contributed by atoms with Crippen molar-refractivity contribution >= 4 is 38.3 Å². The Morgan fingerprint density at radius 1 is 1.03 bits per heavy atom. The molecular formula is C22H18BrF4N3O4. The quantitative estimate of drug-likeness (QED) is 0.451. The van der Waals surface area contributed by atoms with Gasteiger partial charge in [-0.3, -0.25) is 0 Å². The summed E-state index contributed by atoms with van der Waals surface area (Å²) in [6.07, 6.45) is -6.14. The summed E-state index contributed by atoms with van der Waals surface area (Å²) in [6.45, 7) is 0.121. The van der Waals surface area contributed by atoms with Crippen LogP contribution in [-0.2, 0) is 15.7 Å². The van der Waals surface area contributed by atoms with Gasteiger partial charge in [-0.25, -0.2) is 14.4 Å². The van der Waals surface area contributed by atoms with Crippen LogP contribution in [0.25, 0.3) is 10.9 Å². The van der Waals surface area contributed by atoms with E-state index < -0.39 is 36.2 Å². The van der Waals surface area contributed by atoms with E-state index in [0.29, 0.717) is 22.4 Å². The number of hydrogen-bond donors (Lipinski definition) is 1. The van der Waals surface area contributed by atoms with Crippen LogP contribution in [0.3, 0.4) is 0 Å². The van der Waals surface area contributed by atoms with Crippen LogP contribution in [0.2, 0.25) is 0 Å². The topological polar surface area (TPSA) is 74.7 Å². The summed E-state index contributed by atoms with van der Waals surface area (Å²) in [6, 6.07) is 6.74. The number of methoxy groups -OCH3 is 1. The van der Waals surface area contributed by atoms with Gasteiger partial charge in [-0.15, -0.1) is 0 Å². The molecule has 0 aliphatic carbocycles. The predicted octanol–water partition coefficient (Wildman–Crippen LogP) is 5.05. The van der Waals surface area contributed by atoms with E-state index in [-0.39, 0.29) is 29.2 Å². The molecule has 0 radical (unpaired) electrons. The largest absolute Gasteiger partial charge is 0.493 e. The summed E-state index contributed by atoms with van der Waals surface area (Å²) >= 11 is 3.11. The lowest BCUT2D eigenvalue weighted by Crippen LogP contribution is -2.33. The van der Waals surface area contributed by atoms with Gasteiger partial charge in [0.1, 0.15) is 24.4 Å². The maximum absolute atomic E-state index is 13.9. The van der Waals surface area contributed by atoms with E-state index in [1.165, 1.54) is 19.5 Å². The first-order chi connectivity index (χ1) is 16.2. The standard InChI is InChI=1S/C22H18BrF4N3O4/c1-31-16-5-13-15(6-17(16)34-18-8-33-19-14(24)7-32-20(18)19)28-9-29-21(13)30-12-3-10(22(25,26)27)2-11(23)4-12/h2-6,9,14,18-20H,7-8H2,1H3,(H,28,29,30)/t14-,18?,19+,20+/m1/s1. The molecule has 1 aromatic heterocycles. The van der Waals surface area contributed by atoms with Crippen LogP contribution >= 0.6 is 15.9 Å². The first-order valence-electron chi connectivity index (χ1n) is 10.2. The van der Waals surface area contributed by atoms with E-state index in [0.717, 1.165) is 12.1 Å². The molecular weight excluding hydrogens is 526 g/mol. The minimum absolute atomic E-state index is 0.0437. The van der Waals surface area contributed by atoms with Crippen molar-refractivity contribution in [2.45, 2.75) is 30.7 Å². The number of anilines is 2. The van der Waals surface area contributed by atoms with Crippen LogP contribution < -0.4 is 14.8 Å². The number of benzene rings is 2. The summed E-state index contributed by atoms with van der Waals surface area (Å²) in [5.41, 5.74) is -0.155. The molecule has 12 heteroatoms. The summed E-state index contributed by atoms with van der Waals surface area (Å²) in [5.74, 6) is 0.972. The molecule has 2 fully saturated rings. The van der Waals surface area contributed by atoms with Gasteiger partial charge in [0, 0.05) is 21.6 Å². The number of rotatable bonds is 5. The van der Waals surface area contributed by atoms with Crippen molar-refractivity contribution in [3.8, 4) is 11.5 Å². The van der Waals surface area contributed by atoms with Crippen molar-refractivity contribution < 1.29 is 36.5 Å². The zero-order valence-electron chi connectivity index (χ0n) is 17.6. The molecule has 0 saturated carbocycles. The molecule has 2 saturated heterocycles. The van der Waals surface area contributed by atoms with Gasteiger partial charge >= 0.3 is 6.18 Å². The van der Waals surface area contributed by atoms with Gasteiger partial charge in [0.05, 0.1) is 31.4 Å². The second kappa shape index (κ2) is 8.82. The van der Waals surface area contributed by atoms with E-state index in [4.69, 9.17) is 18.9 Å². The minimum Gasteiger partial charge on any atom is -0.493 e. The fraction of sp³-hybridized carbons (Fsp3) is 0.364. The number of nitrogens with one attached hydrogen (secondary N) is 1. The lowest BCUT2D eigenvalue weighted by atomic mass is 10.1. The molecule has 5 rings (SSSR count). The van der Waals surface area contributed by atoms with E-state index in [1.807, 2.05) is 0 Å². The average Bonchev–Trinajstić information content (AvgIpc) is 3.35. The minimum atomic E-state index is -4.50. The monoisotopic (exact) mass is 543 g/mol. The number of fused-ring (bicyclic) bond motifs is 2. The Hall–Kier alpha value is -2.70. The van der Waals surface area contributed by atoms with Gasteiger partial charge in [0.25, 0.3) is 0 Å². The van der Waals surface area contributed by atoms with Crippen molar-refractivity contribution in [3.05, 3.63) is 46.7 Å². The fourth-order valence-electron chi connectivity index (χ4n) is 4.06. The maximum atomic E-state index is 13.9. The molecule has 0 spiro atoms. The lowest BCUT2D eigenvalue weighted by Gasteiger charge is -2.20. The molecule has 34 heavy (non-hydrogen) atoms. The molecule has 1 N–H and O–H groups in total. The van der Waals surface area contributed by atoms with Gasteiger partial charge in [-0.2, -0.15) is 13.2 Å². The highest BCUT2D eigenvalue weighted by atomic mass is 79.9. The SMILES string of the molecule is COc1cc2c(Nc3cc(Br)cc(C(F)(F)F)c3)ncnc2cc1OC1CO[C@H]2[C@H](F)CO[C@@H]12. The van der Waals surface area contributed by atoms with Crippen LogP contribution in [-0.4, -0.2) is 54.8 Å². The normalized spacial score (nSPS) is 24.3. The maximum Gasteiger partial charge on any atom is 0.416 e. The van der Waals surface area contributed by atoms with E-state index in [9.17, 15) is 17.6 Å². The Morgan fingerprint density at radius 2 is 1.82 bits per heavy atom. The highest BCUT2D eigenvalue weighted by Gasteiger charge is 2.49. The molecule has 2 aliphatic heterocycles. The van der Waals surface area contributed by atoms with Crippen molar-refractivity contribution in [1.29, 1.82) is 0 Å². The van der Waals surface area contributed by atoms with Crippen molar-refractivity contribution in [2.24, 2.45) is 0 Å². The zero-order valence-corrected chi connectivity index (χ0v) is 19.2. The Kier molecular flexibility index (Phi) is 5.98. The number of halogens is 5. The number of ether oxygens (including phenoxy) is 4. The smallest absolute Gasteiger partial charge is 0.416 e. The number of alkyl halides is 4. The average molecular weight is 544 g/mol. The second-order valence-electron chi connectivity index (χ2n) is 7.86. The summed E-state index contributed by atoms with van der Waals surface area (Å²) in [7, 11) is 1.45. The Morgan fingerprint density at radius 3 is 2.59 bits per heavy atom. The molecule has 3 aromatic rings. The Balaban J connectivity index is 1.46. The Bertz CT molecular complexity index is 1230. The van der Waals surface area contributed by atoms with Gasteiger partial charge in [-0.1, -0.05) is 15.9 Å². The van der Waals surface area contributed by atoms with E-state index >= 15 is 0 Å². The summed E-state index contributed by atoms with van der Waals surface area (Å²) in [5, 5.41) is 3.42. The first-order valence-corrected chi connectivity index (χ1v) is 11.0. The number of aromatic nitrogens is 2. The van der Waals surface area contributed by atoms with Crippen molar-refractivity contribution in [2.75, 3.05) is 25.6 Å². The lowest BCUT2D eigenvalue weighted by molar-refractivity contribution is -0.137. The van der Waals surface area contributed by atoms with Crippen LogP contribution in [0.15, 0.2) is 41.1 Å². The van der Waals surface area contributed by atoms with Gasteiger partial charge in [0.15, 0.2) is 23.8 Å². The predicted molar refractivity (Wildman–Crippen MR) is 117 cm³/mol. The fourth-order valence-corrected chi connectivity index (χ4v) is 4.55. The molecule has 180 valence electrons. The number of nitrogens with zero attached hydrogens (tertiary/aromatic N) is 2. The van der Waals surface area contributed by atoms with E-state index in [2.05, 4.69) is 31.2 Å². The highest BCUT2D eigenvalue weighted by molar-refractivity contribution is 9.10. The van der Waals surface area contributed by atoms with Crippen LogP contribution in [0.1, 0.15) is 5.56 Å². The third kappa shape index (κ3) is 4.37. The molecule has 3 heterocycles. The molecule has 1 unspecified atom stereocenters. The van der Waals surface area contributed by atoms with Crippen LogP contribution in [0.5, 0.6) is 11.5 Å². The van der Waals surface area contributed by atoms with Gasteiger partial charge < -0.3 is 24.3 Å². The summed E-state index contributed by atoms with van der Waals surface area (Å²) < 4.78 is 76.2. The third-order valence-corrected chi connectivity index (χ3v) is 6.09. The third-order valence-electron chi connectivity index (χ3n) is 5.63. The van der Waals surface area contributed by atoms with Gasteiger partial charge in [0.2, 0.25) is 0 Å². The second-order valence-corrected chi connectivity index (χ2v) is 8.78. The van der Waals surface area contributed by atoms with Crippen molar-refractivity contribution in [3.63, 3.8) is 0 Å². The molecule has 0 amide bonds.